The molecule has 0 bridgehead atoms. The summed E-state index contributed by atoms with van der Waals surface area (Å²) < 4.78 is 0. The van der Waals surface area contributed by atoms with Crippen LogP contribution in [0.25, 0.3) is 0 Å². The van der Waals surface area contributed by atoms with Gasteiger partial charge in [-0.25, -0.2) is 0 Å². The Labute approximate surface area is 42.8 Å². The van der Waals surface area contributed by atoms with E-state index in [1.54, 1.807) is 0 Å². The Morgan fingerprint density at radius 2 is 1.57 bits per heavy atom. The molecule has 0 radical (unpaired) electrons. The van der Waals surface area contributed by atoms with Gasteiger partial charge in [0.2, 0.25) is 0 Å². The van der Waals surface area contributed by atoms with Crippen LogP contribution in [0.3, 0.4) is 0 Å². The highest BCUT2D eigenvalue weighted by atomic mass is 16.3. The first-order chi connectivity index (χ1) is 3.33. The minimum Gasteiger partial charge on any atom is -0.396 e. The van der Waals surface area contributed by atoms with Crippen LogP contribution in [0.2, 0.25) is 0 Å². The minimum absolute atomic E-state index is 0.0556. The first-order valence-electron chi connectivity index (χ1n) is 2.55. The SMILES string of the molecule is OCC1([13CH2]O)CC1. The van der Waals surface area contributed by atoms with Gasteiger partial charge in [-0.05, 0) is 12.8 Å². The second-order valence-electron chi connectivity index (χ2n) is 2.32. The third-order valence-corrected chi connectivity index (χ3v) is 1.63. The lowest BCUT2D eigenvalue weighted by atomic mass is 10.3. The third-order valence-electron chi connectivity index (χ3n) is 1.63. The molecule has 0 saturated heterocycles. The first kappa shape index (κ1) is 5.06. The zero-order chi connectivity index (χ0) is 5.33. The molecule has 1 rings (SSSR count). The summed E-state index contributed by atoms with van der Waals surface area (Å²) in [5.74, 6) is 0. The van der Waals surface area contributed by atoms with Crippen LogP contribution in [0.4, 0.5) is 0 Å². The second-order valence-corrected chi connectivity index (χ2v) is 2.32. The average molecular weight is 103 g/mol. The molecule has 0 aromatic heterocycles. The lowest BCUT2D eigenvalue weighted by Gasteiger charge is -2.02. The molecule has 0 amide bonds. The summed E-state index contributed by atoms with van der Waals surface area (Å²) in [5.41, 5.74) is -0.0556. The molecule has 2 heteroatoms. The predicted octanol–water partition coefficient (Wildman–Crippen LogP) is -0.249. The van der Waals surface area contributed by atoms with Crippen molar-refractivity contribution in [3.8, 4) is 0 Å². The largest absolute Gasteiger partial charge is 0.396 e. The summed E-state index contributed by atoms with van der Waals surface area (Å²) in [4.78, 5) is 0. The molecule has 7 heavy (non-hydrogen) atoms. The van der Waals surface area contributed by atoms with Gasteiger partial charge in [-0.3, -0.25) is 0 Å². The van der Waals surface area contributed by atoms with Crippen LogP contribution < -0.4 is 0 Å². The summed E-state index contributed by atoms with van der Waals surface area (Å²) in [6, 6.07) is 0. The summed E-state index contributed by atoms with van der Waals surface area (Å²) >= 11 is 0. The van der Waals surface area contributed by atoms with Crippen LogP contribution >= 0.6 is 0 Å². The number of rotatable bonds is 2. The molecule has 2 nitrogen and oxygen atoms in total. The molecule has 1 aliphatic carbocycles. The Morgan fingerprint density at radius 1 is 1.14 bits per heavy atom. The highest BCUT2D eigenvalue weighted by molar-refractivity contribution is 4.91. The fraction of sp³-hybridized carbons (Fsp3) is 1.00. The summed E-state index contributed by atoms with van der Waals surface area (Å²) in [7, 11) is 0. The molecule has 1 aliphatic rings. The van der Waals surface area contributed by atoms with Crippen molar-refractivity contribution < 1.29 is 10.2 Å². The highest BCUT2D eigenvalue weighted by Crippen LogP contribution is 2.43. The van der Waals surface area contributed by atoms with Crippen molar-refractivity contribution in [3.05, 3.63) is 0 Å². The smallest absolute Gasteiger partial charge is 0.0509 e. The van der Waals surface area contributed by atoms with Gasteiger partial charge in [0.05, 0.1) is 13.2 Å². The Bertz CT molecular complexity index is 60.5. The summed E-state index contributed by atoms with van der Waals surface area (Å²) in [6.07, 6.45) is 2.00. The van der Waals surface area contributed by atoms with E-state index in [-0.39, 0.29) is 18.6 Å². The van der Waals surface area contributed by atoms with E-state index >= 15 is 0 Å². The molecule has 0 aliphatic heterocycles. The molecule has 42 valence electrons. The van der Waals surface area contributed by atoms with E-state index in [9.17, 15) is 0 Å². The van der Waals surface area contributed by atoms with Gasteiger partial charge in [-0.1, -0.05) is 0 Å². The molecule has 0 aromatic carbocycles. The first-order valence-corrected chi connectivity index (χ1v) is 2.55. The van der Waals surface area contributed by atoms with Crippen molar-refractivity contribution in [2.75, 3.05) is 13.2 Å². The summed E-state index contributed by atoms with van der Waals surface area (Å²) in [5, 5.41) is 17.0. The summed E-state index contributed by atoms with van der Waals surface area (Å²) in [6.45, 7) is 0.312. The van der Waals surface area contributed by atoms with Crippen LogP contribution in [0.15, 0.2) is 0 Å². The van der Waals surface area contributed by atoms with E-state index in [0.29, 0.717) is 0 Å². The van der Waals surface area contributed by atoms with Gasteiger partial charge in [0.1, 0.15) is 0 Å². The van der Waals surface area contributed by atoms with E-state index < -0.39 is 0 Å². The van der Waals surface area contributed by atoms with Gasteiger partial charge in [0.15, 0.2) is 0 Å². The highest BCUT2D eigenvalue weighted by Gasteiger charge is 2.41. The number of hydrogen-bond acceptors (Lipinski definition) is 2. The zero-order valence-corrected chi connectivity index (χ0v) is 4.22. The number of aliphatic hydroxyl groups is 2. The van der Waals surface area contributed by atoms with Gasteiger partial charge in [-0.2, -0.15) is 0 Å². The molecule has 2 N–H and O–H groups in total. The van der Waals surface area contributed by atoms with Crippen molar-refractivity contribution in [3.63, 3.8) is 0 Å². The van der Waals surface area contributed by atoms with E-state index in [2.05, 4.69) is 0 Å². The molecular weight excluding hydrogens is 93.0 g/mol. The van der Waals surface area contributed by atoms with E-state index in [4.69, 9.17) is 10.2 Å². The lowest BCUT2D eigenvalue weighted by Crippen LogP contribution is -2.10. The number of hydrogen-bond donors (Lipinski definition) is 2. The molecule has 0 atom stereocenters. The quantitative estimate of drug-likeness (QED) is 0.473. The van der Waals surface area contributed by atoms with Crippen LogP contribution in [0, 0.1) is 5.41 Å². The van der Waals surface area contributed by atoms with Crippen molar-refractivity contribution in [1.29, 1.82) is 0 Å². The second kappa shape index (κ2) is 1.46. The maximum absolute atomic E-state index is 8.50. The normalized spacial score (nSPS) is 24.9. The molecule has 0 unspecified atom stereocenters. The molecule has 0 heterocycles. The van der Waals surface area contributed by atoms with Gasteiger partial charge < -0.3 is 10.2 Å². The fourth-order valence-corrected chi connectivity index (χ4v) is 0.543. The maximum Gasteiger partial charge on any atom is 0.0509 e. The average Bonchev–Trinajstić information content (AvgIpc) is 2.46. The molecule has 0 aromatic rings. The van der Waals surface area contributed by atoms with E-state index in [1.807, 2.05) is 0 Å². The molecular formula is C5H10O2. The Morgan fingerprint density at radius 3 is 1.57 bits per heavy atom. The van der Waals surface area contributed by atoms with Crippen molar-refractivity contribution in [2.45, 2.75) is 12.8 Å². The van der Waals surface area contributed by atoms with Gasteiger partial charge in [0, 0.05) is 5.41 Å². The van der Waals surface area contributed by atoms with Crippen molar-refractivity contribution in [2.24, 2.45) is 5.41 Å². The fourth-order valence-electron chi connectivity index (χ4n) is 0.543. The van der Waals surface area contributed by atoms with Crippen LogP contribution in [0.1, 0.15) is 12.8 Å². The van der Waals surface area contributed by atoms with Gasteiger partial charge >= 0.3 is 0 Å². The number of aliphatic hydroxyl groups excluding tert-OH is 2. The lowest BCUT2D eigenvalue weighted by molar-refractivity contribution is 0.134. The molecule has 1 saturated carbocycles. The zero-order valence-electron chi connectivity index (χ0n) is 4.22. The van der Waals surface area contributed by atoms with Crippen LogP contribution in [-0.2, 0) is 0 Å². The maximum atomic E-state index is 8.50. The Hall–Kier alpha value is -0.0800. The van der Waals surface area contributed by atoms with E-state index in [1.165, 1.54) is 0 Å². The monoisotopic (exact) mass is 103 g/mol. The van der Waals surface area contributed by atoms with Crippen molar-refractivity contribution in [1.82, 2.24) is 0 Å². The molecule has 1 fully saturated rings. The topological polar surface area (TPSA) is 40.5 Å². The Kier molecular flexibility index (Phi) is 1.05. The Balaban J connectivity index is 2.28. The van der Waals surface area contributed by atoms with Gasteiger partial charge in [-0.15, -0.1) is 0 Å². The molecule has 0 spiro atoms. The van der Waals surface area contributed by atoms with Crippen molar-refractivity contribution >= 4 is 0 Å². The third kappa shape index (κ3) is 0.763. The van der Waals surface area contributed by atoms with Gasteiger partial charge in [0.25, 0.3) is 0 Å². The van der Waals surface area contributed by atoms with Crippen LogP contribution in [0.5, 0.6) is 0 Å². The standard InChI is InChI=1S/C5H10O2/c6-3-5(4-7)1-2-5/h6-7H,1-4H2/i3+1. The van der Waals surface area contributed by atoms with E-state index in [0.717, 1.165) is 12.8 Å². The van der Waals surface area contributed by atoms with Crippen LogP contribution in [-0.4, -0.2) is 23.4 Å². The predicted molar refractivity (Wildman–Crippen MR) is 25.8 cm³/mol. The minimum atomic E-state index is -0.0556.